The average Bonchev–Trinajstić information content (AvgIpc) is 1.98. The third-order valence-electron chi connectivity index (χ3n) is 1.27. The third kappa shape index (κ3) is 17.1. The predicted molar refractivity (Wildman–Crippen MR) is 54.3 cm³/mol. The van der Waals surface area contributed by atoms with E-state index in [1.807, 2.05) is 0 Å². The van der Waals surface area contributed by atoms with E-state index >= 15 is 0 Å². The zero-order chi connectivity index (χ0) is 14.2. The first-order chi connectivity index (χ1) is 7.51. The Hall–Kier alpha value is -0.940. The van der Waals surface area contributed by atoms with Crippen molar-refractivity contribution >= 4 is 61.6 Å². The summed E-state index contributed by atoms with van der Waals surface area (Å²) in [5.41, 5.74) is -2.86. The van der Waals surface area contributed by atoms with Crippen molar-refractivity contribution in [3.05, 3.63) is 0 Å². The summed E-state index contributed by atoms with van der Waals surface area (Å²) in [6.45, 7) is 0.972. The fourth-order valence-corrected chi connectivity index (χ4v) is 0.691. The molecule has 0 aliphatic rings. The molecule has 0 saturated carbocycles. The molecule has 0 aliphatic heterocycles. The molecule has 0 rings (SSSR count). The monoisotopic (exact) mass is 307 g/mol. The second-order valence-electron chi connectivity index (χ2n) is 2.93. The molecule has 10 nitrogen and oxygen atoms in total. The van der Waals surface area contributed by atoms with Gasteiger partial charge in [-0.3, -0.25) is 0 Å². The minimum atomic E-state index is -2.86. The molecule has 0 fully saturated rings. The Morgan fingerprint density at radius 3 is 1.32 bits per heavy atom. The molecule has 0 atom stereocenters. The van der Waals surface area contributed by atoms with Crippen LogP contribution in [0.4, 0.5) is 0 Å². The number of aliphatic hydroxyl groups is 1. The third-order valence-corrected chi connectivity index (χ3v) is 1.27. The first-order valence-electron chi connectivity index (χ1n) is 4.04. The van der Waals surface area contributed by atoms with Crippen LogP contribution < -0.4 is 21.5 Å². The Morgan fingerprint density at radius 1 is 1.00 bits per heavy atom. The minimum absolute atomic E-state index is 0. The summed E-state index contributed by atoms with van der Waals surface area (Å²) in [5.74, 6) is -6.74. The zero-order valence-corrected chi connectivity index (χ0v) is 12.6. The molecule has 11 heteroatoms. The van der Waals surface area contributed by atoms with Crippen molar-refractivity contribution in [1.82, 2.24) is 6.15 Å². The number of aliphatic carboxylic acids is 4. The van der Waals surface area contributed by atoms with Gasteiger partial charge in [-0.1, -0.05) is 0 Å². The smallest absolute Gasteiger partial charge is 0.550 e. The normalized spacial score (nSPS) is 8.74. The van der Waals surface area contributed by atoms with Crippen molar-refractivity contribution in [1.29, 1.82) is 0 Å². The van der Waals surface area contributed by atoms with Gasteiger partial charge in [-0.05, 0) is 6.92 Å². The van der Waals surface area contributed by atoms with Crippen LogP contribution in [0.15, 0.2) is 0 Å². The van der Waals surface area contributed by atoms with E-state index < -0.39 is 42.3 Å². The van der Waals surface area contributed by atoms with Gasteiger partial charge < -0.3 is 46.1 Å². The van der Waals surface area contributed by atoms with Crippen molar-refractivity contribution in [3.63, 3.8) is 0 Å². The van der Waals surface area contributed by atoms with Crippen LogP contribution in [-0.2, 0) is 19.2 Å². The number of hydrogen-bond donors (Lipinski definition) is 3. The van der Waals surface area contributed by atoms with Gasteiger partial charge in [-0.2, -0.15) is 0 Å². The van der Waals surface area contributed by atoms with Crippen LogP contribution in [0, 0.1) is 0 Å². The van der Waals surface area contributed by atoms with Gasteiger partial charge in [-0.25, -0.2) is 4.79 Å². The number of carbonyl (C=O) groups is 4. The number of hydrogen-bond acceptors (Lipinski definition) is 8. The maximum atomic E-state index is 10.3. The molecule has 0 aliphatic carbocycles. The number of rotatable bonds is 5. The molecule has 0 unspecified atom stereocenters. The number of carboxylic acid groups (broad SMARTS) is 4. The van der Waals surface area contributed by atoms with Gasteiger partial charge in [0.05, 0.1) is 0 Å². The zero-order valence-electron chi connectivity index (χ0n) is 10.4. The Kier molecular flexibility index (Phi) is 16.9. The van der Waals surface area contributed by atoms with E-state index in [-0.39, 0.29) is 43.9 Å². The minimum Gasteiger partial charge on any atom is -0.550 e. The van der Waals surface area contributed by atoms with Crippen LogP contribution in [0.5, 0.6) is 0 Å². The van der Waals surface area contributed by atoms with Gasteiger partial charge >= 0.3 is 43.7 Å². The molecule has 6 N–H and O–H groups in total. The van der Waals surface area contributed by atoms with E-state index in [0.29, 0.717) is 0 Å². The van der Waals surface area contributed by atoms with Gasteiger partial charge in [-0.15, -0.1) is 0 Å². The van der Waals surface area contributed by atoms with Gasteiger partial charge in [0.15, 0.2) is 5.60 Å². The van der Waals surface area contributed by atoms with Gasteiger partial charge in [0, 0.05) is 30.7 Å². The fourth-order valence-electron chi connectivity index (χ4n) is 0.691. The molecule has 0 saturated heterocycles. The van der Waals surface area contributed by atoms with E-state index in [0.717, 1.165) is 6.92 Å². The van der Waals surface area contributed by atoms with Crippen LogP contribution in [0.3, 0.4) is 0 Å². The van der Waals surface area contributed by atoms with E-state index in [4.69, 9.17) is 20.1 Å². The molecule has 19 heavy (non-hydrogen) atoms. The van der Waals surface area contributed by atoms with Crippen molar-refractivity contribution in [2.75, 3.05) is 0 Å². The van der Waals surface area contributed by atoms with Crippen molar-refractivity contribution in [2.45, 2.75) is 25.4 Å². The second-order valence-corrected chi connectivity index (χ2v) is 2.93. The molecular formula is C8H13CaNO9. The summed E-state index contributed by atoms with van der Waals surface area (Å²) in [6, 6.07) is 0. The van der Waals surface area contributed by atoms with Gasteiger partial charge in [0.2, 0.25) is 0 Å². The van der Waals surface area contributed by atoms with Crippen LogP contribution in [-0.4, -0.2) is 77.4 Å². The van der Waals surface area contributed by atoms with Crippen molar-refractivity contribution in [2.24, 2.45) is 0 Å². The number of carbonyl (C=O) groups excluding carboxylic acids is 3. The molecule has 0 aromatic rings. The van der Waals surface area contributed by atoms with Crippen molar-refractivity contribution in [3.8, 4) is 0 Å². The van der Waals surface area contributed by atoms with Gasteiger partial charge in [0.25, 0.3) is 0 Å². The molecular weight excluding hydrogens is 294 g/mol. The largest absolute Gasteiger partial charge is 2.00 e. The quantitative estimate of drug-likeness (QED) is 0.413. The van der Waals surface area contributed by atoms with E-state index in [2.05, 4.69) is 0 Å². The molecule has 0 aromatic carbocycles. The fraction of sp³-hybridized carbons (Fsp3) is 0.500. The second kappa shape index (κ2) is 12.1. The molecule has 0 radical (unpaired) electrons. The van der Waals surface area contributed by atoms with E-state index in [9.17, 15) is 24.6 Å². The summed E-state index contributed by atoms with van der Waals surface area (Å²) in [7, 11) is 0. The van der Waals surface area contributed by atoms with Crippen molar-refractivity contribution < 1.29 is 44.7 Å². The summed E-state index contributed by atoms with van der Waals surface area (Å²) >= 11 is 0. The summed E-state index contributed by atoms with van der Waals surface area (Å²) in [4.78, 5) is 39.1. The number of quaternary nitrogens is 1. The molecule has 0 heterocycles. The average molecular weight is 307 g/mol. The molecule has 0 aromatic heterocycles. The molecule has 0 bridgehead atoms. The maximum absolute atomic E-state index is 10.3. The Bertz CT molecular complexity index is 310. The summed E-state index contributed by atoms with van der Waals surface area (Å²) in [6.07, 6.45) is -2.59. The standard InChI is InChI=1S/C6H8O7.C2H4O2.Ca.H3N/c7-3(8)1-6(13,5(11)12)2-4(9)10;1-2(3)4;;/h13H,1-2H2,(H,7,8)(H,9,10)(H,11,12);1H3,(H,3,4);;1H3/q;;+2;/p-2. The predicted octanol–water partition coefficient (Wildman–Crippen LogP) is -5.17. The first kappa shape index (κ1) is 26.6. The maximum Gasteiger partial charge on any atom is 2.00 e. The van der Waals surface area contributed by atoms with Crippen LogP contribution in [0.25, 0.3) is 0 Å². The summed E-state index contributed by atoms with van der Waals surface area (Å²) in [5, 5.41) is 46.1. The van der Waals surface area contributed by atoms with E-state index in [1.54, 1.807) is 0 Å². The topological polar surface area (TPSA) is 214 Å². The Labute approximate surface area is 137 Å². The van der Waals surface area contributed by atoms with E-state index in [1.165, 1.54) is 0 Å². The number of carboxylic acids is 4. The van der Waals surface area contributed by atoms with Gasteiger partial charge in [0.1, 0.15) is 0 Å². The van der Waals surface area contributed by atoms with Crippen LogP contribution in [0.2, 0.25) is 0 Å². The first-order valence-corrected chi connectivity index (χ1v) is 4.04. The van der Waals surface area contributed by atoms with Crippen LogP contribution >= 0.6 is 0 Å². The molecule has 0 spiro atoms. The summed E-state index contributed by atoms with van der Waals surface area (Å²) < 4.78 is 0. The molecule has 0 amide bonds. The SMILES string of the molecule is CC(=O)[O-].O=C([O-])CC(O)(CC(=O)[O-])C(=O)O.[Ca+2].[NH4+]. The molecule has 106 valence electrons. The Morgan fingerprint density at radius 2 is 1.21 bits per heavy atom. The Balaban J connectivity index is -0.000000165. The van der Waals surface area contributed by atoms with Crippen LogP contribution in [0.1, 0.15) is 19.8 Å².